The summed E-state index contributed by atoms with van der Waals surface area (Å²) in [6.45, 7) is 9.24. The molecule has 0 aliphatic carbocycles. The average Bonchev–Trinajstić information content (AvgIpc) is 2.76. The van der Waals surface area contributed by atoms with Gasteiger partial charge < -0.3 is 19.6 Å². The second-order valence-electron chi connectivity index (χ2n) is 7.97. The van der Waals surface area contributed by atoms with Crippen LogP contribution in [0.4, 0.5) is 10.1 Å². The van der Waals surface area contributed by atoms with E-state index < -0.39 is 0 Å². The molecule has 0 aromatic heterocycles. The van der Waals surface area contributed by atoms with Crippen molar-refractivity contribution in [2.24, 2.45) is 0 Å². The van der Waals surface area contributed by atoms with Gasteiger partial charge in [-0.1, -0.05) is 12.2 Å². The number of ether oxygens (including phenoxy) is 1. The van der Waals surface area contributed by atoms with Crippen LogP contribution in [0.25, 0.3) is 0 Å². The van der Waals surface area contributed by atoms with E-state index in [4.69, 9.17) is 17.0 Å². The van der Waals surface area contributed by atoms with E-state index in [1.807, 2.05) is 32.9 Å². The van der Waals surface area contributed by atoms with Gasteiger partial charge in [-0.3, -0.25) is 0 Å². The van der Waals surface area contributed by atoms with E-state index in [9.17, 15) is 9.50 Å². The summed E-state index contributed by atoms with van der Waals surface area (Å²) in [5.74, 6) is 1.06. The van der Waals surface area contributed by atoms with Crippen LogP contribution in [0.3, 0.4) is 0 Å². The molecule has 1 saturated heterocycles. The lowest BCUT2D eigenvalue weighted by Gasteiger charge is -2.40. The highest BCUT2D eigenvalue weighted by molar-refractivity contribution is 7.80. The van der Waals surface area contributed by atoms with Crippen LogP contribution >= 0.6 is 12.2 Å². The molecular formula is C23H27FN2O2S. The molecule has 2 aromatic rings. The number of anilines is 1. The van der Waals surface area contributed by atoms with E-state index in [-0.39, 0.29) is 11.9 Å². The molecule has 1 unspecified atom stereocenters. The number of nitrogens with zero attached hydrogens (tertiary/aromatic N) is 2. The first kappa shape index (κ1) is 20.0. The minimum atomic E-state index is -0.211. The fourth-order valence-corrected chi connectivity index (χ4v) is 4.67. The smallest absolute Gasteiger partial charge is 0.149 e. The van der Waals surface area contributed by atoms with E-state index in [0.29, 0.717) is 5.75 Å². The normalized spacial score (nSPS) is 19.0. The largest absolute Gasteiger partial charge is 0.507 e. The maximum atomic E-state index is 13.2. The number of thiocarbonyl (C=S) groups is 1. The van der Waals surface area contributed by atoms with Crippen molar-refractivity contribution in [2.45, 2.75) is 39.7 Å². The van der Waals surface area contributed by atoms with Gasteiger partial charge in [-0.25, -0.2) is 4.39 Å². The van der Waals surface area contributed by atoms with Crippen LogP contribution in [-0.4, -0.2) is 47.3 Å². The number of phenols is 1. The van der Waals surface area contributed by atoms with Crippen LogP contribution in [-0.2, 0) is 6.42 Å². The number of fused-ring (bicyclic) bond motifs is 1. The third-order valence-corrected chi connectivity index (χ3v) is 6.84. The second-order valence-corrected chi connectivity index (χ2v) is 8.38. The molecular weight excluding hydrogens is 387 g/mol. The highest BCUT2D eigenvalue weighted by atomic mass is 32.1. The fourth-order valence-electron chi connectivity index (χ4n) is 4.32. The van der Waals surface area contributed by atoms with Crippen molar-refractivity contribution in [3.8, 4) is 11.5 Å². The topological polar surface area (TPSA) is 35.9 Å². The van der Waals surface area contributed by atoms with Crippen molar-refractivity contribution in [1.82, 2.24) is 4.90 Å². The minimum Gasteiger partial charge on any atom is -0.507 e. The molecule has 1 atom stereocenters. The second kappa shape index (κ2) is 7.82. The average molecular weight is 415 g/mol. The van der Waals surface area contributed by atoms with Gasteiger partial charge in [0, 0.05) is 37.4 Å². The molecule has 4 nitrogen and oxygen atoms in total. The van der Waals surface area contributed by atoms with Crippen molar-refractivity contribution in [1.29, 1.82) is 0 Å². The molecule has 2 heterocycles. The molecule has 2 aliphatic heterocycles. The number of halogens is 1. The molecule has 0 amide bonds. The molecule has 0 spiro atoms. The Morgan fingerprint density at radius 3 is 2.34 bits per heavy atom. The van der Waals surface area contributed by atoms with Gasteiger partial charge >= 0.3 is 0 Å². The molecule has 29 heavy (non-hydrogen) atoms. The number of piperazine rings is 1. The van der Waals surface area contributed by atoms with Crippen LogP contribution in [0.1, 0.15) is 28.7 Å². The molecule has 2 aromatic carbocycles. The zero-order valence-corrected chi connectivity index (χ0v) is 18.0. The molecule has 154 valence electrons. The van der Waals surface area contributed by atoms with E-state index in [1.54, 1.807) is 0 Å². The fraction of sp³-hybridized carbons (Fsp3) is 0.435. The lowest BCUT2D eigenvalue weighted by Crippen LogP contribution is -2.52. The van der Waals surface area contributed by atoms with Gasteiger partial charge in [0.2, 0.25) is 0 Å². The Labute approximate surface area is 176 Å². The third kappa shape index (κ3) is 3.66. The van der Waals surface area contributed by atoms with E-state index in [2.05, 4.69) is 9.80 Å². The highest BCUT2D eigenvalue weighted by Crippen LogP contribution is 2.41. The van der Waals surface area contributed by atoms with Crippen LogP contribution < -0.4 is 9.64 Å². The number of benzene rings is 2. The Kier molecular flexibility index (Phi) is 5.38. The summed E-state index contributed by atoms with van der Waals surface area (Å²) in [4.78, 5) is 5.35. The zero-order chi connectivity index (χ0) is 20.7. The van der Waals surface area contributed by atoms with Crippen molar-refractivity contribution in [2.75, 3.05) is 31.1 Å². The van der Waals surface area contributed by atoms with Crippen molar-refractivity contribution >= 4 is 22.9 Å². The lowest BCUT2D eigenvalue weighted by molar-refractivity contribution is 0.214. The molecule has 1 N–H and O–H groups in total. The van der Waals surface area contributed by atoms with Crippen LogP contribution in [0.5, 0.6) is 11.5 Å². The van der Waals surface area contributed by atoms with Crippen LogP contribution in [0, 0.1) is 26.6 Å². The van der Waals surface area contributed by atoms with Gasteiger partial charge in [0.15, 0.2) is 0 Å². The lowest BCUT2D eigenvalue weighted by atomic mass is 9.91. The first-order chi connectivity index (χ1) is 13.9. The van der Waals surface area contributed by atoms with Gasteiger partial charge in [-0.15, -0.1) is 0 Å². The Bertz CT molecular complexity index is 937. The SMILES string of the molecule is Cc1c(C)c2c(c(C)c1O)CCC(C(=S)N1CCN(c3ccc(F)cc3)CC1)O2. The Hall–Kier alpha value is -2.34. The summed E-state index contributed by atoms with van der Waals surface area (Å²) in [5.41, 5.74) is 4.94. The number of hydrogen-bond donors (Lipinski definition) is 1. The predicted molar refractivity (Wildman–Crippen MR) is 118 cm³/mol. The van der Waals surface area contributed by atoms with E-state index in [0.717, 1.165) is 77.7 Å². The Morgan fingerprint density at radius 2 is 1.69 bits per heavy atom. The summed E-state index contributed by atoms with van der Waals surface area (Å²) in [7, 11) is 0. The van der Waals surface area contributed by atoms with Crippen molar-refractivity contribution in [3.05, 3.63) is 52.3 Å². The van der Waals surface area contributed by atoms with Gasteiger partial charge in [-0.2, -0.15) is 0 Å². The summed E-state index contributed by atoms with van der Waals surface area (Å²) in [5, 5.41) is 10.3. The van der Waals surface area contributed by atoms with Crippen molar-refractivity contribution in [3.63, 3.8) is 0 Å². The molecule has 6 heteroatoms. The molecule has 0 saturated carbocycles. The highest BCUT2D eigenvalue weighted by Gasteiger charge is 2.31. The summed E-state index contributed by atoms with van der Waals surface area (Å²) < 4.78 is 19.5. The van der Waals surface area contributed by atoms with Gasteiger partial charge in [0.05, 0.1) is 0 Å². The first-order valence-corrected chi connectivity index (χ1v) is 10.5. The molecule has 4 rings (SSSR count). The Morgan fingerprint density at radius 1 is 1.03 bits per heavy atom. The van der Waals surface area contributed by atoms with E-state index >= 15 is 0 Å². The number of phenolic OH excluding ortho intramolecular Hbond substituents is 1. The van der Waals surface area contributed by atoms with Gasteiger partial charge in [0.1, 0.15) is 28.4 Å². The molecule has 1 fully saturated rings. The monoisotopic (exact) mass is 414 g/mol. The summed E-state index contributed by atoms with van der Waals surface area (Å²) >= 11 is 5.81. The van der Waals surface area contributed by atoms with E-state index in [1.165, 1.54) is 12.1 Å². The van der Waals surface area contributed by atoms with Crippen LogP contribution in [0.15, 0.2) is 24.3 Å². The number of hydrogen-bond acceptors (Lipinski definition) is 4. The molecule has 0 bridgehead atoms. The standard InChI is InChI=1S/C23H27FN2O2S/c1-14-15(2)22-19(16(3)21(14)27)8-9-20(28-22)23(29)26-12-10-25(11-13-26)18-6-4-17(24)5-7-18/h4-7,20,27H,8-13H2,1-3H3. The third-order valence-electron chi connectivity index (χ3n) is 6.32. The quantitative estimate of drug-likeness (QED) is 0.742. The molecule has 0 radical (unpaired) electrons. The Balaban J connectivity index is 1.43. The maximum absolute atomic E-state index is 13.2. The maximum Gasteiger partial charge on any atom is 0.149 e. The predicted octanol–water partition coefficient (Wildman–Crippen LogP) is 4.30. The van der Waals surface area contributed by atoms with Gasteiger partial charge in [0.25, 0.3) is 0 Å². The number of rotatable bonds is 2. The first-order valence-electron chi connectivity index (χ1n) is 10.1. The minimum absolute atomic E-state index is 0.114. The zero-order valence-electron chi connectivity index (χ0n) is 17.2. The van der Waals surface area contributed by atoms with Crippen molar-refractivity contribution < 1.29 is 14.2 Å². The summed E-state index contributed by atoms with van der Waals surface area (Å²) in [6.07, 6.45) is 1.57. The summed E-state index contributed by atoms with van der Waals surface area (Å²) in [6, 6.07) is 6.66. The van der Waals surface area contributed by atoms with Crippen LogP contribution in [0.2, 0.25) is 0 Å². The number of aromatic hydroxyl groups is 1. The van der Waals surface area contributed by atoms with Gasteiger partial charge in [-0.05, 0) is 74.6 Å². The molecule has 2 aliphatic rings.